The Morgan fingerprint density at radius 2 is 2.00 bits per heavy atom. The summed E-state index contributed by atoms with van der Waals surface area (Å²) in [6.45, 7) is 4.38. The normalized spacial score (nSPS) is 12.1. The lowest BCUT2D eigenvalue weighted by Crippen LogP contribution is -2.06. The highest BCUT2D eigenvalue weighted by Crippen LogP contribution is 2.26. The number of hydrogen-bond acceptors (Lipinski definition) is 3. The number of phenols is 1. The van der Waals surface area contributed by atoms with Gasteiger partial charge in [-0.15, -0.1) is 0 Å². The lowest BCUT2D eigenvalue weighted by molar-refractivity contribution is 0.476. The Balaban J connectivity index is 2.59. The molecule has 2 aromatic rings. The van der Waals surface area contributed by atoms with Crippen molar-refractivity contribution < 1.29 is 13.5 Å². The van der Waals surface area contributed by atoms with Crippen LogP contribution in [-0.4, -0.2) is 23.8 Å². The van der Waals surface area contributed by atoms with Crippen molar-refractivity contribution in [2.75, 3.05) is 5.75 Å². The van der Waals surface area contributed by atoms with Crippen molar-refractivity contribution in [3.8, 4) is 5.75 Å². The van der Waals surface area contributed by atoms with Crippen LogP contribution in [0.25, 0.3) is 10.9 Å². The zero-order valence-corrected chi connectivity index (χ0v) is 11.4. The average Bonchev–Trinajstić information content (AvgIpc) is 2.66. The van der Waals surface area contributed by atoms with Crippen LogP contribution >= 0.6 is 0 Å². The zero-order valence-electron chi connectivity index (χ0n) is 10.5. The summed E-state index contributed by atoms with van der Waals surface area (Å²) in [5.41, 5.74) is 1.67. The molecule has 1 aromatic carbocycles. The van der Waals surface area contributed by atoms with Gasteiger partial charge in [-0.2, -0.15) is 0 Å². The van der Waals surface area contributed by atoms with E-state index in [-0.39, 0.29) is 17.3 Å². The van der Waals surface area contributed by atoms with Gasteiger partial charge in [-0.1, -0.05) is 6.92 Å². The van der Waals surface area contributed by atoms with Gasteiger partial charge in [0, 0.05) is 29.9 Å². The molecule has 0 radical (unpaired) electrons. The molecule has 18 heavy (non-hydrogen) atoms. The molecule has 0 saturated carbocycles. The third-order valence-corrected chi connectivity index (χ3v) is 4.73. The summed E-state index contributed by atoms with van der Waals surface area (Å²) in [7, 11) is -3.04. The molecule has 0 spiro atoms. The predicted octanol–water partition coefficient (Wildman–Crippen LogP) is 2.30. The molecule has 0 unspecified atom stereocenters. The fourth-order valence-electron chi connectivity index (χ4n) is 2.07. The second-order valence-electron chi connectivity index (χ2n) is 4.32. The Morgan fingerprint density at radius 1 is 1.28 bits per heavy atom. The second-order valence-corrected chi connectivity index (χ2v) is 6.67. The van der Waals surface area contributed by atoms with Crippen LogP contribution < -0.4 is 0 Å². The highest BCUT2D eigenvalue weighted by atomic mass is 32.2. The van der Waals surface area contributed by atoms with Gasteiger partial charge in [0.25, 0.3) is 0 Å². The summed E-state index contributed by atoms with van der Waals surface area (Å²) in [4.78, 5) is 0. The first-order valence-electron chi connectivity index (χ1n) is 5.98. The molecule has 1 aromatic heterocycles. The Morgan fingerprint density at radius 3 is 2.61 bits per heavy atom. The summed E-state index contributed by atoms with van der Waals surface area (Å²) in [6, 6.07) is 5.03. The monoisotopic (exact) mass is 267 g/mol. The lowest BCUT2D eigenvalue weighted by atomic mass is 10.2. The zero-order chi connectivity index (χ0) is 13.3. The maximum atomic E-state index is 11.7. The number of phenolic OH excluding ortho intramolecular Hbond substituents is 1. The van der Waals surface area contributed by atoms with Crippen LogP contribution in [0.2, 0.25) is 0 Å². The molecule has 0 aliphatic rings. The van der Waals surface area contributed by atoms with Crippen LogP contribution in [-0.2, 0) is 22.1 Å². The summed E-state index contributed by atoms with van der Waals surface area (Å²) in [6.07, 6.45) is 1.86. The van der Waals surface area contributed by atoms with Crippen molar-refractivity contribution in [2.45, 2.75) is 26.1 Å². The van der Waals surface area contributed by atoms with Crippen molar-refractivity contribution >= 4 is 20.7 Å². The van der Waals surface area contributed by atoms with Crippen LogP contribution in [0.5, 0.6) is 5.75 Å². The minimum absolute atomic E-state index is 0.0533. The van der Waals surface area contributed by atoms with E-state index in [9.17, 15) is 13.5 Å². The fourth-order valence-corrected chi connectivity index (χ4v) is 2.98. The molecule has 0 saturated heterocycles. The van der Waals surface area contributed by atoms with Gasteiger partial charge < -0.3 is 9.67 Å². The number of benzene rings is 1. The standard InChI is InChI=1S/C13H17NO3S/c1-3-14-8-10(9-18(16,17)4-2)12-6-5-11(15)7-13(12)14/h5-8,15H,3-4,9H2,1-2H3. The third kappa shape index (κ3) is 2.36. The van der Waals surface area contributed by atoms with Crippen molar-refractivity contribution in [2.24, 2.45) is 0 Å². The fraction of sp³-hybridized carbons (Fsp3) is 0.385. The number of nitrogens with zero attached hydrogens (tertiary/aromatic N) is 1. The van der Waals surface area contributed by atoms with E-state index >= 15 is 0 Å². The lowest BCUT2D eigenvalue weighted by Gasteiger charge is -2.00. The van der Waals surface area contributed by atoms with E-state index in [1.807, 2.05) is 17.7 Å². The first-order chi connectivity index (χ1) is 8.46. The smallest absolute Gasteiger partial charge is 0.154 e. The van der Waals surface area contributed by atoms with Crippen LogP contribution in [0.3, 0.4) is 0 Å². The minimum Gasteiger partial charge on any atom is -0.508 e. The van der Waals surface area contributed by atoms with Crippen LogP contribution in [0, 0.1) is 0 Å². The van der Waals surface area contributed by atoms with E-state index in [2.05, 4.69) is 0 Å². The van der Waals surface area contributed by atoms with Gasteiger partial charge in [-0.25, -0.2) is 8.42 Å². The Hall–Kier alpha value is -1.49. The average molecular weight is 267 g/mol. The van der Waals surface area contributed by atoms with Gasteiger partial charge in [-0.3, -0.25) is 0 Å². The van der Waals surface area contributed by atoms with Gasteiger partial charge in [0.15, 0.2) is 9.84 Å². The number of sulfone groups is 1. The quantitative estimate of drug-likeness (QED) is 0.924. The van der Waals surface area contributed by atoms with Crippen molar-refractivity contribution in [3.05, 3.63) is 30.0 Å². The topological polar surface area (TPSA) is 59.3 Å². The largest absolute Gasteiger partial charge is 0.508 e. The number of rotatable bonds is 4. The summed E-state index contributed by atoms with van der Waals surface area (Å²) < 4.78 is 25.4. The first-order valence-corrected chi connectivity index (χ1v) is 7.80. The van der Waals surface area contributed by atoms with E-state index in [4.69, 9.17) is 0 Å². The molecule has 0 atom stereocenters. The number of aromatic hydroxyl groups is 1. The first kappa shape index (κ1) is 13.0. The van der Waals surface area contributed by atoms with E-state index in [0.717, 1.165) is 23.0 Å². The molecule has 98 valence electrons. The van der Waals surface area contributed by atoms with Crippen molar-refractivity contribution in [1.29, 1.82) is 0 Å². The molecule has 0 bridgehead atoms. The molecule has 0 aliphatic carbocycles. The molecule has 1 N–H and O–H groups in total. The number of hydrogen-bond donors (Lipinski definition) is 1. The molecule has 4 nitrogen and oxygen atoms in total. The summed E-state index contributed by atoms with van der Waals surface area (Å²) in [5, 5.41) is 10.4. The van der Waals surface area contributed by atoms with E-state index in [0.29, 0.717) is 0 Å². The Bertz CT molecular complexity index is 671. The maximum absolute atomic E-state index is 11.7. The highest BCUT2D eigenvalue weighted by Gasteiger charge is 2.15. The second kappa shape index (κ2) is 4.65. The third-order valence-electron chi connectivity index (χ3n) is 3.10. The Kier molecular flexibility index (Phi) is 3.34. The predicted molar refractivity (Wildman–Crippen MR) is 72.4 cm³/mol. The van der Waals surface area contributed by atoms with Gasteiger partial charge >= 0.3 is 0 Å². The van der Waals surface area contributed by atoms with Gasteiger partial charge in [-0.05, 0) is 24.6 Å². The van der Waals surface area contributed by atoms with E-state index in [1.54, 1.807) is 25.1 Å². The minimum atomic E-state index is -3.04. The van der Waals surface area contributed by atoms with Crippen LogP contribution in [0.1, 0.15) is 19.4 Å². The van der Waals surface area contributed by atoms with Crippen LogP contribution in [0.15, 0.2) is 24.4 Å². The molecule has 1 heterocycles. The number of aromatic nitrogens is 1. The van der Waals surface area contributed by atoms with E-state index < -0.39 is 9.84 Å². The summed E-state index contributed by atoms with van der Waals surface area (Å²) >= 11 is 0. The molecule has 5 heteroatoms. The van der Waals surface area contributed by atoms with Gasteiger partial charge in [0.2, 0.25) is 0 Å². The molecule has 0 aliphatic heterocycles. The molecule has 0 amide bonds. The highest BCUT2D eigenvalue weighted by molar-refractivity contribution is 7.90. The number of fused-ring (bicyclic) bond motifs is 1. The summed E-state index contributed by atoms with van der Waals surface area (Å²) in [5.74, 6) is 0.391. The van der Waals surface area contributed by atoms with Crippen molar-refractivity contribution in [1.82, 2.24) is 4.57 Å². The van der Waals surface area contributed by atoms with Gasteiger partial charge in [0.05, 0.1) is 11.3 Å². The van der Waals surface area contributed by atoms with E-state index in [1.165, 1.54) is 0 Å². The Labute approximate surface area is 107 Å². The van der Waals surface area contributed by atoms with Gasteiger partial charge in [0.1, 0.15) is 5.75 Å². The molecular weight excluding hydrogens is 250 g/mol. The molecule has 2 rings (SSSR count). The van der Waals surface area contributed by atoms with Crippen LogP contribution in [0.4, 0.5) is 0 Å². The molecular formula is C13H17NO3S. The number of aryl methyl sites for hydroxylation is 1. The maximum Gasteiger partial charge on any atom is 0.154 e. The molecule has 0 fully saturated rings. The van der Waals surface area contributed by atoms with Crippen molar-refractivity contribution in [3.63, 3.8) is 0 Å². The SMILES string of the molecule is CCn1cc(CS(=O)(=O)CC)c2ccc(O)cc21.